The van der Waals surface area contributed by atoms with Crippen LogP contribution in [0.1, 0.15) is 34.2 Å². The quantitative estimate of drug-likeness (QED) is 0.809. The Labute approximate surface area is 104 Å². The van der Waals surface area contributed by atoms with Gasteiger partial charge in [0.05, 0.1) is 24.3 Å². The van der Waals surface area contributed by atoms with Crippen LogP contribution < -0.4 is 0 Å². The van der Waals surface area contributed by atoms with E-state index in [9.17, 15) is 14.7 Å². The van der Waals surface area contributed by atoms with E-state index >= 15 is 0 Å². The van der Waals surface area contributed by atoms with E-state index in [1.165, 1.54) is 23.2 Å². The van der Waals surface area contributed by atoms with E-state index in [1.807, 2.05) is 6.92 Å². The van der Waals surface area contributed by atoms with Gasteiger partial charge in [-0.1, -0.05) is 6.92 Å². The third-order valence-corrected chi connectivity index (χ3v) is 3.16. The summed E-state index contributed by atoms with van der Waals surface area (Å²) in [5.41, 5.74) is -1.04. The number of aromatic carboxylic acids is 1. The second kappa shape index (κ2) is 4.38. The van der Waals surface area contributed by atoms with Crippen molar-refractivity contribution >= 4 is 11.9 Å². The van der Waals surface area contributed by atoms with Crippen molar-refractivity contribution in [2.24, 2.45) is 0 Å². The van der Waals surface area contributed by atoms with Gasteiger partial charge < -0.3 is 15.1 Å². The maximum atomic E-state index is 12.0. The van der Waals surface area contributed by atoms with Gasteiger partial charge in [-0.25, -0.2) is 4.79 Å². The number of carboxylic acids is 1. The summed E-state index contributed by atoms with van der Waals surface area (Å²) in [6.07, 6.45) is 1.94. The standard InChI is InChI=1S/C12H14N2O4/c1-2-12(18)6-14(7-12)10(15)9-8(11(16)17)4-3-5-13-9/h3-5,18H,2,6-7H2,1H3,(H,16,17). The Morgan fingerprint density at radius 1 is 1.50 bits per heavy atom. The molecule has 1 aliphatic rings. The van der Waals surface area contributed by atoms with Crippen LogP contribution in [0.4, 0.5) is 0 Å². The molecule has 6 heteroatoms. The molecular formula is C12H14N2O4. The van der Waals surface area contributed by atoms with Crippen LogP contribution in [0.3, 0.4) is 0 Å². The lowest BCUT2D eigenvalue weighted by Crippen LogP contribution is -2.63. The number of pyridine rings is 1. The average molecular weight is 250 g/mol. The molecule has 1 aliphatic heterocycles. The fourth-order valence-electron chi connectivity index (χ4n) is 1.93. The number of carbonyl (C=O) groups is 2. The lowest BCUT2D eigenvalue weighted by Gasteiger charge is -2.45. The summed E-state index contributed by atoms with van der Waals surface area (Å²) in [6.45, 7) is 2.28. The number of aliphatic hydroxyl groups is 1. The first kappa shape index (κ1) is 12.5. The van der Waals surface area contributed by atoms with E-state index in [4.69, 9.17) is 5.11 Å². The molecule has 2 heterocycles. The molecule has 0 saturated carbocycles. The van der Waals surface area contributed by atoms with E-state index in [2.05, 4.69) is 4.98 Å². The van der Waals surface area contributed by atoms with Crippen molar-refractivity contribution in [3.05, 3.63) is 29.6 Å². The van der Waals surface area contributed by atoms with Gasteiger partial charge in [-0.3, -0.25) is 9.78 Å². The van der Waals surface area contributed by atoms with Crippen LogP contribution >= 0.6 is 0 Å². The van der Waals surface area contributed by atoms with Gasteiger partial charge in [-0.05, 0) is 18.6 Å². The van der Waals surface area contributed by atoms with Crippen molar-refractivity contribution in [1.82, 2.24) is 9.88 Å². The SMILES string of the molecule is CCC1(O)CN(C(=O)c2ncccc2C(=O)O)C1. The molecule has 0 bridgehead atoms. The number of carboxylic acid groups (broad SMARTS) is 1. The van der Waals surface area contributed by atoms with E-state index in [1.54, 1.807) is 0 Å². The Hall–Kier alpha value is -1.95. The predicted octanol–water partition coefficient (Wildman–Crippen LogP) is 0.377. The molecule has 0 unspecified atom stereocenters. The van der Waals surface area contributed by atoms with E-state index in [0.29, 0.717) is 6.42 Å². The summed E-state index contributed by atoms with van der Waals surface area (Å²) < 4.78 is 0. The van der Waals surface area contributed by atoms with E-state index in [-0.39, 0.29) is 24.3 Å². The molecule has 1 aromatic rings. The highest BCUT2D eigenvalue weighted by molar-refractivity contribution is 6.03. The number of hydrogen-bond donors (Lipinski definition) is 2. The second-order valence-corrected chi connectivity index (χ2v) is 4.44. The molecule has 1 fully saturated rings. The topological polar surface area (TPSA) is 90.7 Å². The van der Waals surface area contributed by atoms with Crippen LogP contribution in [0.15, 0.2) is 18.3 Å². The largest absolute Gasteiger partial charge is 0.478 e. The van der Waals surface area contributed by atoms with Gasteiger partial charge in [0.15, 0.2) is 0 Å². The smallest absolute Gasteiger partial charge is 0.338 e. The zero-order valence-electron chi connectivity index (χ0n) is 9.96. The molecule has 0 aromatic carbocycles. The maximum absolute atomic E-state index is 12.0. The summed E-state index contributed by atoms with van der Waals surface area (Å²) in [7, 11) is 0. The number of nitrogens with zero attached hydrogens (tertiary/aromatic N) is 2. The van der Waals surface area contributed by atoms with Gasteiger partial charge in [0.2, 0.25) is 0 Å². The molecule has 0 radical (unpaired) electrons. The minimum Gasteiger partial charge on any atom is -0.478 e. The Bertz CT molecular complexity index is 495. The van der Waals surface area contributed by atoms with Crippen LogP contribution in [0.2, 0.25) is 0 Å². The first-order chi connectivity index (χ1) is 8.47. The molecule has 1 saturated heterocycles. The minimum atomic E-state index is -1.18. The average Bonchev–Trinajstić information content (AvgIpc) is 2.34. The lowest BCUT2D eigenvalue weighted by atomic mass is 9.91. The van der Waals surface area contributed by atoms with Crippen LogP contribution in [-0.4, -0.2) is 50.7 Å². The highest BCUT2D eigenvalue weighted by atomic mass is 16.4. The number of carbonyl (C=O) groups excluding carboxylic acids is 1. The summed E-state index contributed by atoms with van der Waals surface area (Å²) in [5.74, 6) is -1.64. The molecule has 18 heavy (non-hydrogen) atoms. The van der Waals surface area contributed by atoms with Gasteiger partial charge >= 0.3 is 5.97 Å². The third-order valence-electron chi connectivity index (χ3n) is 3.16. The highest BCUT2D eigenvalue weighted by Gasteiger charge is 2.43. The molecule has 1 amide bonds. The molecule has 1 aromatic heterocycles. The zero-order valence-corrected chi connectivity index (χ0v) is 9.96. The fraction of sp³-hybridized carbons (Fsp3) is 0.417. The Morgan fingerprint density at radius 3 is 2.72 bits per heavy atom. The molecule has 2 N–H and O–H groups in total. The lowest BCUT2D eigenvalue weighted by molar-refractivity contribution is -0.0828. The molecule has 96 valence electrons. The molecule has 0 atom stereocenters. The first-order valence-electron chi connectivity index (χ1n) is 5.67. The van der Waals surface area contributed by atoms with Gasteiger partial charge in [-0.15, -0.1) is 0 Å². The summed E-state index contributed by atoms with van der Waals surface area (Å²) in [5, 5.41) is 18.8. The molecule has 0 spiro atoms. The van der Waals surface area contributed by atoms with Crippen molar-refractivity contribution in [3.63, 3.8) is 0 Å². The fourth-order valence-corrected chi connectivity index (χ4v) is 1.93. The number of aromatic nitrogens is 1. The summed E-state index contributed by atoms with van der Waals surface area (Å²) in [4.78, 5) is 28.2. The van der Waals surface area contributed by atoms with E-state index < -0.39 is 17.5 Å². The van der Waals surface area contributed by atoms with Crippen LogP contribution in [0, 0.1) is 0 Å². The monoisotopic (exact) mass is 250 g/mol. The molecular weight excluding hydrogens is 236 g/mol. The zero-order chi connectivity index (χ0) is 13.3. The molecule has 6 nitrogen and oxygen atoms in total. The van der Waals surface area contributed by atoms with Crippen LogP contribution in [0.5, 0.6) is 0 Å². The van der Waals surface area contributed by atoms with Crippen molar-refractivity contribution in [2.45, 2.75) is 18.9 Å². The summed E-state index contributed by atoms with van der Waals surface area (Å²) in [6, 6.07) is 2.81. The summed E-state index contributed by atoms with van der Waals surface area (Å²) >= 11 is 0. The minimum absolute atomic E-state index is 0.0804. The molecule has 2 rings (SSSR count). The van der Waals surface area contributed by atoms with Crippen molar-refractivity contribution in [2.75, 3.05) is 13.1 Å². The number of rotatable bonds is 3. The number of amides is 1. The van der Waals surface area contributed by atoms with Gasteiger partial charge in [-0.2, -0.15) is 0 Å². The van der Waals surface area contributed by atoms with Gasteiger partial charge in [0, 0.05) is 6.20 Å². The number of hydrogen-bond acceptors (Lipinski definition) is 4. The third kappa shape index (κ3) is 2.06. The number of likely N-dealkylation sites (tertiary alicyclic amines) is 1. The van der Waals surface area contributed by atoms with Crippen molar-refractivity contribution in [3.8, 4) is 0 Å². The van der Waals surface area contributed by atoms with E-state index in [0.717, 1.165) is 0 Å². The van der Waals surface area contributed by atoms with Crippen molar-refractivity contribution < 1.29 is 19.8 Å². The molecule has 0 aliphatic carbocycles. The van der Waals surface area contributed by atoms with Gasteiger partial charge in [0.25, 0.3) is 5.91 Å². The predicted molar refractivity (Wildman–Crippen MR) is 62.3 cm³/mol. The van der Waals surface area contributed by atoms with Crippen molar-refractivity contribution in [1.29, 1.82) is 0 Å². The normalized spacial score (nSPS) is 17.1. The maximum Gasteiger partial charge on any atom is 0.338 e. The Kier molecular flexibility index (Phi) is 3.04. The second-order valence-electron chi connectivity index (χ2n) is 4.44. The van der Waals surface area contributed by atoms with Crippen LogP contribution in [0.25, 0.3) is 0 Å². The highest BCUT2D eigenvalue weighted by Crippen LogP contribution is 2.25. The number of β-amino-alcohol motifs (C(OH)–C–C–N with tert-alkyl or cyclic N) is 1. The Morgan fingerprint density at radius 2 is 2.17 bits per heavy atom. The van der Waals surface area contributed by atoms with Crippen LogP contribution in [-0.2, 0) is 0 Å². The Balaban J connectivity index is 2.19. The van der Waals surface area contributed by atoms with Gasteiger partial charge in [0.1, 0.15) is 5.69 Å². The first-order valence-corrected chi connectivity index (χ1v) is 5.67.